The van der Waals surface area contributed by atoms with Gasteiger partial charge in [0.15, 0.2) is 0 Å². The lowest BCUT2D eigenvalue weighted by Crippen LogP contribution is -2.62. The summed E-state index contributed by atoms with van der Waals surface area (Å²) in [5, 5.41) is 0. The molecule has 0 aliphatic carbocycles. The van der Waals surface area contributed by atoms with E-state index in [9.17, 15) is 4.79 Å². The van der Waals surface area contributed by atoms with E-state index in [4.69, 9.17) is 9.47 Å². The minimum Gasteiger partial charge on any atom is -0.493 e. The summed E-state index contributed by atoms with van der Waals surface area (Å²) in [5.74, 6) is 1.95. The quantitative estimate of drug-likeness (QED) is 0.815. The fourth-order valence-corrected chi connectivity index (χ4v) is 4.26. The summed E-state index contributed by atoms with van der Waals surface area (Å²) in [6.45, 7) is 5.30. The number of carbonyl (C=O) groups excluding carboxylic acids is 1. The number of likely N-dealkylation sites (tertiary alicyclic amines) is 1. The molecule has 6 heteroatoms. The van der Waals surface area contributed by atoms with Gasteiger partial charge in [0.05, 0.1) is 25.4 Å². The van der Waals surface area contributed by atoms with Crippen molar-refractivity contribution in [2.45, 2.75) is 6.42 Å². The zero-order valence-electron chi connectivity index (χ0n) is 15.3. The van der Waals surface area contributed by atoms with Gasteiger partial charge in [-0.2, -0.15) is 0 Å². The molecule has 3 aliphatic heterocycles. The van der Waals surface area contributed by atoms with E-state index >= 15 is 0 Å². The molecule has 2 aromatic rings. The summed E-state index contributed by atoms with van der Waals surface area (Å²) in [4.78, 5) is 21.4. The van der Waals surface area contributed by atoms with Crippen LogP contribution in [0.3, 0.4) is 0 Å². The van der Waals surface area contributed by atoms with E-state index in [1.54, 1.807) is 6.20 Å². The maximum atomic E-state index is 12.8. The number of pyridine rings is 1. The third-order valence-corrected chi connectivity index (χ3v) is 5.74. The van der Waals surface area contributed by atoms with E-state index in [1.807, 2.05) is 35.2 Å². The van der Waals surface area contributed by atoms with Crippen LogP contribution in [-0.4, -0.2) is 61.8 Å². The van der Waals surface area contributed by atoms with Gasteiger partial charge in [-0.05, 0) is 30.2 Å². The van der Waals surface area contributed by atoms with Gasteiger partial charge in [-0.3, -0.25) is 4.79 Å². The highest BCUT2D eigenvalue weighted by atomic mass is 16.5. The van der Waals surface area contributed by atoms with E-state index in [0.717, 1.165) is 57.4 Å². The smallest absolute Gasteiger partial charge is 0.255 e. The fourth-order valence-electron chi connectivity index (χ4n) is 4.26. The molecule has 0 saturated carbocycles. The van der Waals surface area contributed by atoms with E-state index in [2.05, 4.69) is 16.0 Å². The first-order valence-corrected chi connectivity index (χ1v) is 9.51. The number of hydrogen-bond acceptors (Lipinski definition) is 5. The standard InChI is InChI=1S/C21H23N3O3/c25-20(17-5-6-19(22-12-17)23-7-9-26-10-8-23)24-13-21(14-24)11-16-3-1-2-4-18(16)27-15-21/h1-6,12H,7-11,13-15H2. The number of carbonyl (C=O) groups is 1. The first-order chi connectivity index (χ1) is 13.2. The Morgan fingerprint density at radius 1 is 1.07 bits per heavy atom. The maximum absolute atomic E-state index is 12.8. The summed E-state index contributed by atoms with van der Waals surface area (Å²) >= 11 is 0. The number of morpholine rings is 1. The molecule has 2 fully saturated rings. The van der Waals surface area contributed by atoms with Gasteiger partial charge >= 0.3 is 0 Å². The minimum atomic E-state index is 0.0560. The van der Waals surface area contributed by atoms with Gasteiger partial charge in [0.2, 0.25) is 0 Å². The number of rotatable bonds is 2. The van der Waals surface area contributed by atoms with Crippen LogP contribution < -0.4 is 9.64 Å². The molecule has 0 atom stereocenters. The van der Waals surface area contributed by atoms with Crippen LogP contribution in [-0.2, 0) is 11.2 Å². The lowest BCUT2D eigenvalue weighted by atomic mass is 9.73. The van der Waals surface area contributed by atoms with Crippen molar-refractivity contribution < 1.29 is 14.3 Å². The van der Waals surface area contributed by atoms with Gasteiger partial charge in [0, 0.05) is 37.8 Å². The Hall–Kier alpha value is -2.60. The van der Waals surface area contributed by atoms with Gasteiger partial charge < -0.3 is 19.3 Å². The first-order valence-electron chi connectivity index (χ1n) is 9.51. The van der Waals surface area contributed by atoms with Crippen molar-refractivity contribution in [3.63, 3.8) is 0 Å². The van der Waals surface area contributed by atoms with Crippen LogP contribution in [0.5, 0.6) is 5.75 Å². The van der Waals surface area contributed by atoms with Crippen molar-refractivity contribution in [3.8, 4) is 5.75 Å². The van der Waals surface area contributed by atoms with E-state index in [1.165, 1.54) is 5.56 Å². The molecule has 140 valence electrons. The van der Waals surface area contributed by atoms with Crippen LogP contribution >= 0.6 is 0 Å². The molecule has 0 bridgehead atoms. The molecule has 0 radical (unpaired) electrons. The van der Waals surface area contributed by atoms with E-state index in [-0.39, 0.29) is 11.3 Å². The maximum Gasteiger partial charge on any atom is 0.255 e. The molecule has 3 aliphatic rings. The summed E-state index contributed by atoms with van der Waals surface area (Å²) in [5.41, 5.74) is 1.96. The second kappa shape index (κ2) is 6.53. The number of anilines is 1. The summed E-state index contributed by atoms with van der Waals surface area (Å²) in [6.07, 6.45) is 2.67. The van der Waals surface area contributed by atoms with Crippen molar-refractivity contribution in [1.82, 2.24) is 9.88 Å². The molecule has 0 N–H and O–H groups in total. The molecule has 6 nitrogen and oxygen atoms in total. The number of amides is 1. The second-order valence-corrected chi connectivity index (χ2v) is 7.74. The van der Waals surface area contributed by atoms with Crippen molar-refractivity contribution in [1.29, 1.82) is 0 Å². The van der Waals surface area contributed by atoms with Crippen molar-refractivity contribution >= 4 is 11.7 Å². The number of benzene rings is 1. The fraction of sp³-hybridized carbons (Fsp3) is 0.429. The molecule has 1 spiro atoms. The van der Waals surface area contributed by atoms with Gasteiger partial charge in [0.1, 0.15) is 11.6 Å². The molecule has 4 heterocycles. The molecule has 1 amide bonds. The number of aromatic nitrogens is 1. The monoisotopic (exact) mass is 365 g/mol. The van der Waals surface area contributed by atoms with E-state index < -0.39 is 0 Å². The highest BCUT2D eigenvalue weighted by Gasteiger charge is 2.48. The van der Waals surface area contributed by atoms with Crippen LogP contribution in [0.25, 0.3) is 0 Å². The third-order valence-electron chi connectivity index (χ3n) is 5.74. The lowest BCUT2D eigenvalue weighted by Gasteiger charge is -2.51. The first kappa shape index (κ1) is 16.6. The Balaban J connectivity index is 1.23. The normalized spacial score (nSPS) is 20.6. The number of para-hydroxylation sites is 1. The molecular formula is C21H23N3O3. The zero-order valence-corrected chi connectivity index (χ0v) is 15.3. The predicted octanol–water partition coefficient (Wildman–Crippen LogP) is 2.00. The number of hydrogen-bond donors (Lipinski definition) is 0. The predicted molar refractivity (Wildman–Crippen MR) is 101 cm³/mol. The number of fused-ring (bicyclic) bond motifs is 1. The Labute approximate surface area is 158 Å². The molecular weight excluding hydrogens is 342 g/mol. The minimum absolute atomic E-state index is 0.0560. The Kier molecular flexibility index (Phi) is 4.01. The largest absolute Gasteiger partial charge is 0.493 e. The third kappa shape index (κ3) is 3.04. The van der Waals surface area contributed by atoms with Crippen LogP contribution in [0.15, 0.2) is 42.6 Å². The summed E-state index contributed by atoms with van der Waals surface area (Å²) in [7, 11) is 0. The molecule has 1 aromatic heterocycles. The SMILES string of the molecule is O=C(c1ccc(N2CCOCC2)nc1)N1CC2(COc3ccccc3C2)C1. The molecule has 27 heavy (non-hydrogen) atoms. The number of ether oxygens (including phenoxy) is 2. The van der Waals surface area contributed by atoms with Crippen LogP contribution in [0.1, 0.15) is 15.9 Å². The number of nitrogens with zero attached hydrogens (tertiary/aromatic N) is 3. The molecule has 1 aromatic carbocycles. The lowest BCUT2D eigenvalue weighted by molar-refractivity contribution is -0.0291. The van der Waals surface area contributed by atoms with Crippen LogP contribution in [0.2, 0.25) is 0 Å². The summed E-state index contributed by atoms with van der Waals surface area (Å²) < 4.78 is 11.3. The van der Waals surface area contributed by atoms with Gasteiger partial charge in [0.25, 0.3) is 5.91 Å². The van der Waals surface area contributed by atoms with Gasteiger partial charge in [-0.15, -0.1) is 0 Å². The highest BCUT2D eigenvalue weighted by molar-refractivity contribution is 5.94. The van der Waals surface area contributed by atoms with Crippen LogP contribution in [0, 0.1) is 5.41 Å². The van der Waals surface area contributed by atoms with E-state index in [0.29, 0.717) is 12.2 Å². The van der Waals surface area contributed by atoms with Crippen molar-refractivity contribution in [2.75, 3.05) is 50.9 Å². The Morgan fingerprint density at radius 3 is 2.67 bits per heavy atom. The molecule has 0 unspecified atom stereocenters. The van der Waals surface area contributed by atoms with Gasteiger partial charge in [-0.25, -0.2) is 4.98 Å². The topological polar surface area (TPSA) is 54.9 Å². The highest BCUT2D eigenvalue weighted by Crippen LogP contribution is 2.41. The van der Waals surface area contributed by atoms with Crippen molar-refractivity contribution in [2.24, 2.45) is 5.41 Å². The average molecular weight is 365 g/mol. The second-order valence-electron chi connectivity index (χ2n) is 7.74. The zero-order chi connectivity index (χ0) is 18.3. The van der Waals surface area contributed by atoms with Gasteiger partial charge in [-0.1, -0.05) is 18.2 Å². The average Bonchev–Trinajstić information content (AvgIpc) is 2.72. The molecule has 5 rings (SSSR count). The molecule has 2 saturated heterocycles. The van der Waals surface area contributed by atoms with Crippen LogP contribution in [0.4, 0.5) is 5.82 Å². The van der Waals surface area contributed by atoms with Crippen molar-refractivity contribution in [3.05, 3.63) is 53.7 Å². The Bertz CT molecular complexity index is 840. The summed E-state index contributed by atoms with van der Waals surface area (Å²) in [6, 6.07) is 12.0. The Morgan fingerprint density at radius 2 is 1.89 bits per heavy atom.